The quantitative estimate of drug-likeness (QED) is 0.0332. The number of aliphatic hydroxyl groups is 2. The number of hydrogen-bond acceptors (Lipinski definition) is 16. The molecule has 0 bridgehead atoms. The third-order valence-corrected chi connectivity index (χ3v) is 12.6. The molecule has 75 heavy (non-hydrogen) atoms. The lowest BCUT2D eigenvalue weighted by molar-refractivity contribution is -0.143. The van der Waals surface area contributed by atoms with Crippen LogP contribution in [0, 0.1) is 5.92 Å². The number of nitrogens with two attached hydrogens (primary N) is 2. The fourth-order valence-electron chi connectivity index (χ4n) is 7.86. The van der Waals surface area contributed by atoms with Crippen molar-refractivity contribution in [1.29, 1.82) is 0 Å². The van der Waals surface area contributed by atoms with Crippen molar-refractivity contribution in [3.05, 3.63) is 59.7 Å². The van der Waals surface area contributed by atoms with E-state index in [1.54, 1.807) is 13.8 Å². The second kappa shape index (κ2) is 30.7. The second-order valence-electron chi connectivity index (χ2n) is 18.3. The van der Waals surface area contributed by atoms with Gasteiger partial charge in [0.2, 0.25) is 53.2 Å². The van der Waals surface area contributed by atoms with E-state index in [0.29, 0.717) is 43.4 Å². The Hall–Kier alpha value is -7.42. The van der Waals surface area contributed by atoms with Crippen molar-refractivity contribution in [3.8, 4) is 11.5 Å². The van der Waals surface area contributed by atoms with Crippen molar-refractivity contribution in [2.24, 2.45) is 17.4 Å². The van der Waals surface area contributed by atoms with Gasteiger partial charge < -0.3 is 84.4 Å². The molecule has 10 atom stereocenters. The Morgan fingerprint density at radius 3 is 1.55 bits per heavy atom. The van der Waals surface area contributed by atoms with E-state index in [-0.39, 0.29) is 50.3 Å². The predicted molar refractivity (Wildman–Crippen MR) is 268 cm³/mol. The van der Waals surface area contributed by atoms with Crippen LogP contribution in [0.1, 0.15) is 77.3 Å². The van der Waals surface area contributed by atoms with E-state index in [1.807, 2.05) is 0 Å². The molecule has 1 aliphatic heterocycles. The average Bonchev–Trinajstić information content (AvgIpc) is 3.89. The van der Waals surface area contributed by atoms with Crippen molar-refractivity contribution in [2.75, 3.05) is 32.8 Å². The van der Waals surface area contributed by atoms with Gasteiger partial charge in [-0.15, -0.1) is 0 Å². The zero-order valence-electron chi connectivity index (χ0n) is 42.5. The smallest absolute Gasteiger partial charge is 0.328 e. The van der Waals surface area contributed by atoms with Crippen LogP contribution < -0.4 is 54.0 Å². The van der Waals surface area contributed by atoms with Crippen molar-refractivity contribution in [3.63, 3.8) is 0 Å². The number of phenolic OH excluding ortho intramolecular Hbond substituents is 2. The Labute approximate surface area is 433 Å². The van der Waals surface area contributed by atoms with E-state index >= 15 is 0 Å². The van der Waals surface area contributed by atoms with Crippen LogP contribution in [0.4, 0.5) is 0 Å². The lowest BCUT2D eigenvalue weighted by Crippen LogP contribution is -2.62. The molecule has 1 fully saturated rings. The third kappa shape index (κ3) is 19.4. The number of benzene rings is 2. The summed E-state index contributed by atoms with van der Waals surface area (Å²) in [5.74, 6) is -9.82. The summed E-state index contributed by atoms with van der Waals surface area (Å²) in [6.07, 6.45) is 1.46. The number of unbranched alkanes of at least 4 members (excludes halogenated alkanes) is 1. The maximum Gasteiger partial charge on any atom is 0.328 e. The van der Waals surface area contributed by atoms with Gasteiger partial charge in [-0.3, -0.25) is 43.2 Å². The zero-order chi connectivity index (χ0) is 55.9. The molecule has 1 aliphatic rings. The topological polar surface area (TPSA) is 423 Å². The highest BCUT2D eigenvalue weighted by Crippen LogP contribution is 2.18. The molecule has 2 aromatic rings. The highest BCUT2D eigenvalue weighted by molar-refractivity contribution is 5.98. The first-order valence-electron chi connectivity index (χ1n) is 24.7. The van der Waals surface area contributed by atoms with E-state index < -0.39 is 133 Å². The van der Waals surface area contributed by atoms with Gasteiger partial charge >= 0.3 is 5.97 Å². The summed E-state index contributed by atoms with van der Waals surface area (Å²) >= 11 is 0. The number of aliphatic hydroxyl groups excluding tert-OH is 2. The molecule has 9 amide bonds. The number of rotatable bonds is 30. The van der Waals surface area contributed by atoms with Crippen LogP contribution in [0.3, 0.4) is 0 Å². The minimum atomic E-state index is -1.75. The molecule has 0 aromatic heterocycles. The van der Waals surface area contributed by atoms with Crippen LogP contribution in [0.25, 0.3) is 0 Å². The first kappa shape index (κ1) is 61.9. The van der Waals surface area contributed by atoms with Gasteiger partial charge in [0.15, 0.2) is 0 Å². The summed E-state index contributed by atoms with van der Waals surface area (Å²) in [5, 5.41) is 68.9. The number of carboxylic acids is 1. The molecule has 0 unspecified atom stereocenters. The van der Waals surface area contributed by atoms with Crippen LogP contribution in [0.2, 0.25) is 0 Å². The number of carbonyl (C=O) groups excluding carboxylic acids is 9. The maximum absolute atomic E-state index is 14.2. The Balaban J connectivity index is 1.83. The molecular weight excluding hydrogens is 983 g/mol. The number of nitrogens with zero attached hydrogens (tertiary/aromatic N) is 1. The Morgan fingerprint density at radius 1 is 0.587 bits per heavy atom. The summed E-state index contributed by atoms with van der Waals surface area (Å²) in [4.78, 5) is 135. The van der Waals surface area contributed by atoms with Crippen molar-refractivity contribution in [1.82, 2.24) is 47.4 Å². The molecule has 1 saturated heterocycles. The lowest BCUT2D eigenvalue weighted by Gasteiger charge is -2.29. The molecule has 26 heteroatoms. The summed E-state index contributed by atoms with van der Waals surface area (Å²) in [6.45, 7) is 4.33. The fraction of sp³-hybridized carbons (Fsp3) is 0.551. The van der Waals surface area contributed by atoms with Crippen LogP contribution in [-0.4, -0.2) is 177 Å². The number of aliphatic carboxylic acids is 1. The van der Waals surface area contributed by atoms with Crippen molar-refractivity contribution in [2.45, 2.75) is 133 Å². The largest absolute Gasteiger partial charge is 0.508 e. The number of amides is 9. The van der Waals surface area contributed by atoms with E-state index in [0.717, 1.165) is 0 Å². The van der Waals surface area contributed by atoms with E-state index in [1.165, 1.54) is 67.3 Å². The minimum Gasteiger partial charge on any atom is -0.508 e. The standard InChI is InChI=1S/C49H73N11O15/c1-5-26(2)40(59-45(70)35(22-30-13-17-32(64)18-14-30)55-42(67)28(4)52-41(66)27(3)53-47(72)38-10-8-20-60(38)39(65)23-51)48(73)57-36(24-61)46(71)56-34(21-29-11-15-31(63)16-12-29)44(69)54-33(9-6-7-19-50)43(68)58-37(25-62)49(74)75/h11-18,26-28,33-38,40,61-64H,5-10,19-25,50-51H2,1-4H3,(H,52,66)(H,53,72)(H,54,69)(H,55,67)(H,56,71)(H,57,73)(H,58,68)(H,59,70)(H,74,75)/t26-,27-,28-,33-,34-,35-,36-,37-,38-,40-/m0/s1. The van der Waals surface area contributed by atoms with Gasteiger partial charge in [0, 0.05) is 19.4 Å². The van der Waals surface area contributed by atoms with Crippen LogP contribution in [0.15, 0.2) is 48.5 Å². The summed E-state index contributed by atoms with van der Waals surface area (Å²) in [5.41, 5.74) is 12.0. The van der Waals surface area contributed by atoms with E-state index in [4.69, 9.17) is 11.5 Å². The van der Waals surface area contributed by atoms with E-state index in [9.17, 15) is 73.5 Å². The Morgan fingerprint density at radius 2 is 1.04 bits per heavy atom. The normalized spacial score (nSPS) is 16.7. The predicted octanol–water partition coefficient (Wildman–Crippen LogP) is -4.00. The van der Waals surface area contributed by atoms with Gasteiger partial charge in [-0.2, -0.15) is 0 Å². The van der Waals surface area contributed by atoms with Crippen LogP contribution >= 0.6 is 0 Å². The Bertz CT molecular complexity index is 2290. The minimum absolute atomic E-state index is 0.0266. The van der Waals surface area contributed by atoms with Crippen molar-refractivity contribution >= 4 is 59.1 Å². The molecule has 414 valence electrons. The molecule has 0 saturated carbocycles. The van der Waals surface area contributed by atoms with Gasteiger partial charge in [0.05, 0.1) is 19.8 Å². The molecule has 0 aliphatic carbocycles. The molecule has 3 rings (SSSR count). The fourth-order valence-corrected chi connectivity index (χ4v) is 7.86. The second-order valence-corrected chi connectivity index (χ2v) is 18.3. The van der Waals surface area contributed by atoms with Gasteiger partial charge in [0.1, 0.15) is 65.9 Å². The highest BCUT2D eigenvalue weighted by atomic mass is 16.4. The lowest BCUT2D eigenvalue weighted by atomic mass is 9.96. The first-order chi connectivity index (χ1) is 35.6. The molecule has 0 radical (unpaired) electrons. The first-order valence-corrected chi connectivity index (χ1v) is 24.7. The van der Waals surface area contributed by atoms with Crippen molar-refractivity contribution < 1.29 is 73.5 Å². The number of carbonyl (C=O) groups is 10. The molecule has 26 nitrogen and oxygen atoms in total. The number of likely N-dealkylation sites (tertiary alicyclic amines) is 1. The molecule has 2 aromatic carbocycles. The number of hydrogen-bond donors (Lipinski definition) is 15. The van der Waals surface area contributed by atoms with Crippen LogP contribution in [-0.2, 0) is 60.8 Å². The number of carboxylic acid groups (broad SMARTS) is 1. The summed E-state index contributed by atoms with van der Waals surface area (Å²) < 4.78 is 0. The molecular formula is C49H73N11O15. The molecule has 1 heterocycles. The Kier molecular flexibility index (Phi) is 25.3. The molecule has 17 N–H and O–H groups in total. The van der Waals surface area contributed by atoms with Crippen LogP contribution in [0.5, 0.6) is 11.5 Å². The SMILES string of the molecule is CC[C@H](C)[C@H](NC(=O)[C@H](Cc1ccc(O)cc1)NC(=O)[C@H](C)NC(=O)[C@H](C)NC(=O)[C@@H]1CCCN1C(=O)CN)C(=O)N[C@@H](CO)C(=O)N[C@@H](Cc1ccc(O)cc1)C(=O)N[C@@H](CCCCN)C(=O)N[C@@H](CO)C(=O)O. The summed E-state index contributed by atoms with van der Waals surface area (Å²) in [6, 6.07) is -1.24. The average molecular weight is 1060 g/mol. The third-order valence-electron chi connectivity index (χ3n) is 12.6. The highest BCUT2D eigenvalue weighted by Gasteiger charge is 2.37. The zero-order valence-corrected chi connectivity index (χ0v) is 42.5. The number of phenols is 2. The van der Waals surface area contributed by atoms with Gasteiger partial charge in [0.25, 0.3) is 0 Å². The maximum atomic E-state index is 14.2. The van der Waals surface area contributed by atoms with Gasteiger partial charge in [-0.1, -0.05) is 44.5 Å². The number of nitrogens with one attached hydrogen (secondary N) is 8. The van der Waals surface area contributed by atoms with E-state index in [2.05, 4.69) is 42.5 Å². The van der Waals surface area contributed by atoms with Gasteiger partial charge in [-0.05, 0) is 93.8 Å². The monoisotopic (exact) mass is 1060 g/mol. The summed E-state index contributed by atoms with van der Waals surface area (Å²) in [7, 11) is 0. The van der Waals surface area contributed by atoms with Gasteiger partial charge in [-0.25, -0.2) is 4.79 Å². The number of aromatic hydroxyl groups is 2. The molecule has 0 spiro atoms.